The largest absolute Gasteiger partial charge is 0.388 e. The summed E-state index contributed by atoms with van der Waals surface area (Å²) < 4.78 is 16.2. The molecule has 0 heterocycles. The zero-order chi connectivity index (χ0) is 14.1. The molecule has 0 bridgehead atoms. The van der Waals surface area contributed by atoms with E-state index in [0.717, 1.165) is 25.7 Å². The van der Waals surface area contributed by atoms with Gasteiger partial charge in [0.2, 0.25) is 0 Å². The van der Waals surface area contributed by atoms with Gasteiger partial charge in [0, 0.05) is 13.2 Å². The van der Waals surface area contributed by atoms with Gasteiger partial charge in [-0.15, -0.1) is 0 Å². The third kappa shape index (κ3) is 7.22. The molecule has 114 valence electrons. The Balaban J connectivity index is 2.05. The van der Waals surface area contributed by atoms with Gasteiger partial charge in [0.05, 0.1) is 32.0 Å². The lowest BCUT2D eigenvalue weighted by Gasteiger charge is -2.29. The van der Waals surface area contributed by atoms with Crippen LogP contribution in [0.15, 0.2) is 0 Å². The predicted octanol–water partition coefficient (Wildman–Crippen LogP) is 0.946. The van der Waals surface area contributed by atoms with Crippen LogP contribution >= 0.6 is 0 Å². The standard InChI is InChI=1S/C14H29NO4/c1-11(8-17-3)18-9-13(16)10-19-14-6-4-12(15-2)5-7-14/h11-16H,4-10H2,1-3H3. The highest BCUT2D eigenvalue weighted by atomic mass is 16.5. The Hall–Kier alpha value is -0.200. The van der Waals surface area contributed by atoms with Gasteiger partial charge in [-0.25, -0.2) is 0 Å². The first-order valence-corrected chi connectivity index (χ1v) is 7.23. The Morgan fingerprint density at radius 1 is 1.16 bits per heavy atom. The van der Waals surface area contributed by atoms with E-state index in [2.05, 4.69) is 5.32 Å². The number of rotatable bonds is 9. The lowest BCUT2D eigenvalue weighted by atomic mass is 9.93. The van der Waals surface area contributed by atoms with Crippen molar-refractivity contribution in [2.45, 2.75) is 57.0 Å². The summed E-state index contributed by atoms with van der Waals surface area (Å²) in [7, 11) is 3.65. The molecule has 1 aliphatic carbocycles. The normalized spacial score (nSPS) is 27.2. The zero-order valence-corrected chi connectivity index (χ0v) is 12.4. The van der Waals surface area contributed by atoms with Crippen LogP contribution in [0.4, 0.5) is 0 Å². The Morgan fingerprint density at radius 3 is 2.42 bits per heavy atom. The maximum atomic E-state index is 9.79. The summed E-state index contributed by atoms with van der Waals surface area (Å²) in [6.07, 6.45) is 4.18. The first-order chi connectivity index (χ1) is 9.15. The minimum atomic E-state index is -0.554. The van der Waals surface area contributed by atoms with Crippen LogP contribution in [-0.4, -0.2) is 63.4 Å². The van der Waals surface area contributed by atoms with E-state index in [9.17, 15) is 5.11 Å². The number of ether oxygens (including phenoxy) is 3. The Morgan fingerprint density at radius 2 is 1.84 bits per heavy atom. The van der Waals surface area contributed by atoms with E-state index >= 15 is 0 Å². The van der Waals surface area contributed by atoms with Crippen molar-refractivity contribution in [2.75, 3.05) is 34.0 Å². The van der Waals surface area contributed by atoms with E-state index in [1.54, 1.807) is 7.11 Å². The molecule has 0 spiro atoms. The summed E-state index contributed by atoms with van der Waals surface area (Å²) in [4.78, 5) is 0. The number of nitrogens with one attached hydrogen (secondary N) is 1. The average molecular weight is 275 g/mol. The van der Waals surface area contributed by atoms with Gasteiger partial charge in [-0.05, 0) is 39.7 Å². The second-order valence-electron chi connectivity index (χ2n) is 5.35. The topological polar surface area (TPSA) is 60.0 Å². The van der Waals surface area contributed by atoms with Crippen LogP contribution in [0.3, 0.4) is 0 Å². The van der Waals surface area contributed by atoms with Gasteiger partial charge < -0.3 is 24.6 Å². The number of hydrogen-bond acceptors (Lipinski definition) is 5. The van der Waals surface area contributed by atoms with Crippen LogP contribution in [0, 0.1) is 0 Å². The van der Waals surface area contributed by atoms with Gasteiger partial charge >= 0.3 is 0 Å². The van der Waals surface area contributed by atoms with E-state index < -0.39 is 6.10 Å². The number of aliphatic hydroxyl groups is 1. The van der Waals surface area contributed by atoms with Crippen LogP contribution in [0.5, 0.6) is 0 Å². The molecular formula is C14H29NO4. The molecule has 1 fully saturated rings. The number of methoxy groups -OCH3 is 1. The monoisotopic (exact) mass is 275 g/mol. The summed E-state index contributed by atoms with van der Waals surface area (Å²) in [6.45, 7) is 3.13. The molecule has 0 saturated heterocycles. The molecule has 0 amide bonds. The van der Waals surface area contributed by atoms with Crippen molar-refractivity contribution < 1.29 is 19.3 Å². The highest BCUT2D eigenvalue weighted by molar-refractivity contribution is 4.76. The van der Waals surface area contributed by atoms with E-state index in [4.69, 9.17) is 14.2 Å². The molecule has 0 aromatic heterocycles. The zero-order valence-electron chi connectivity index (χ0n) is 12.4. The molecule has 0 aromatic rings. The SMILES string of the molecule is CNC1CCC(OCC(O)COC(C)COC)CC1. The van der Waals surface area contributed by atoms with E-state index in [1.807, 2.05) is 14.0 Å². The summed E-state index contributed by atoms with van der Waals surface area (Å²) in [5.41, 5.74) is 0. The van der Waals surface area contributed by atoms with Gasteiger partial charge in [-0.1, -0.05) is 0 Å². The van der Waals surface area contributed by atoms with Crippen molar-refractivity contribution in [3.8, 4) is 0 Å². The van der Waals surface area contributed by atoms with E-state index in [-0.39, 0.29) is 12.2 Å². The first kappa shape index (κ1) is 16.9. The number of aliphatic hydroxyl groups excluding tert-OH is 1. The lowest BCUT2D eigenvalue weighted by molar-refractivity contribution is -0.0759. The molecule has 0 aliphatic heterocycles. The minimum Gasteiger partial charge on any atom is -0.388 e. The van der Waals surface area contributed by atoms with Gasteiger partial charge in [0.1, 0.15) is 6.10 Å². The van der Waals surface area contributed by atoms with Gasteiger partial charge in [0.15, 0.2) is 0 Å². The van der Waals surface area contributed by atoms with Crippen LogP contribution < -0.4 is 5.32 Å². The molecule has 0 aromatic carbocycles. The summed E-state index contributed by atoms with van der Waals surface area (Å²) >= 11 is 0. The fourth-order valence-electron chi connectivity index (χ4n) is 2.37. The summed E-state index contributed by atoms with van der Waals surface area (Å²) in [5.74, 6) is 0. The van der Waals surface area contributed by atoms with Crippen LogP contribution in [-0.2, 0) is 14.2 Å². The smallest absolute Gasteiger partial charge is 0.101 e. The fourth-order valence-corrected chi connectivity index (χ4v) is 2.37. The van der Waals surface area contributed by atoms with Crippen molar-refractivity contribution >= 4 is 0 Å². The van der Waals surface area contributed by atoms with Crippen molar-refractivity contribution in [1.29, 1.82) is 0 Å². The highest BCUT2D eigenvalue weighted by Crippen LogP contribution is 2.21. The van der Waals surface area contributed by atoms with E-state index in [1.165, 1.54) is 0 Å². The van der Waals surface area contributed by atoms with Crippen LogP contribution in [0.25, 0.3) is 0 Å². The lowest BCUT2D eigenvalue weighted by Crippen LogP contribution is -2.35. The van der Waals surface area contributed by atoms with Crippen molar-refractivity contribution in [2.24, 2.45) is 0 Å². The second-order valence-corrected chi connectivity index (χ2v) is 5.35. The Labute approximate surface area is 116 Å². The maximum Gasteiger partial charge on any atom is 0.101 e. The molecule has 0 radical (unpaired) electrons. The molecule has 2 atom stereocenters. The quantitative estimate of drug-likeness (QED) is 0.656. The maximum absolute atomic E-state index is 9.79. The predicted molar refractivity (Wildman–Crippen MR) is 74.4 cm³/mol. The fraction of sp³-hybridized carbons (Fsp3) is 1.00. The second kappa shape index (κ2) is 9.66. The van der Waals surface area contributed by atoms with Crippen LogP contribution in [0.1, 0.15) is 32.6 Å². The van der Waals surface area contributed by atoms with E-state index in [0.29, 0.717) is 25.9 Å². The van der Waals surface area contributed by atoms with Crippen molar-refractivity contribution in [1.82, 2.24) is 5.32 Å². The third-order valence-corrected chi connectivity index (χ3v) is 3.58. The van der Waals surface area contributed by atoms with Gasteiger partial charge in [-0.2, -0.15) is 0 Å². The Bertz CT molecular complexity index is 219. The summed E-state index contributed by atoms with van der Waals surface area (Å²) in [6, 6.07) is 0.628. The van der Waals surface area contributed by atoms with Gasteiger partial charge in [0.25, 0.3) is 0 Å². The molecule has 5 nitrogen and oxygen atoms in total. The third-order valence-electron chi connectivity index (χ3n) is 3.58. The first-order valence-electron chi connectivity index (χ1n) is 7.23. The molecule has 2 unspecified atom stereocenters. The molecule has 2 N–H and O–H groups in total. The molecule has 1 rings (SSSR count). The minimum absolute atomic E-state index is 0.00529. The van der Waals surface area contributed by atoms with Crippen LogP contribution in [0.2, 0.25) is 0 Å². The Kier molecular flexibility index (Phi) is 8.57. The molecule has 19 heavy (non-hydrogen) atoms. The van der Waals surface area contributed by atoms with Gasteiger partial charge in [-0.3, -0.25) is 0 Å². The molecule has 1 aliphatic rings. The number of hydrogen-bond donors (Lipinski definition) is 2. The average Bonchev–Trinajstić information content (AvgIpc) is 2.44. The molecule has 1 saturated carbocycles. The van der Waals surface area contributed by atoms with Crippen molar-refractivity contribution in [3.63, 3.8) is 0 Å². The van der Waals surface area contributed by atoms with Crippen molar-refractivity contribution in [3.05, 3.63) is 0 Å². The summed E-state index contributed by atoms with van der Waals surface area (Å²) in [5, 5.41) is 13.1. The molecular weight excluding hydrogens is 246 g/mol. The molecule has 5 heteroatoms. The highest BCUT2D eigenvalue weighted by Gasteiger charge is 2.21.